The number of amides is 1. The van der Waals surface area contributed by atoms with E-state index in [2.05, 4.69) is 0 Å². The summed E-state index contributed by atoms with van der Waals surface area (Å²) in [5.41, 5.74) is 2.37. The van der Waals surface area contributed by atoms with Crippen molar-refractivity contribution in [2.75, 3.05) is 6.73 Å². The van der Waals surface area contributed by atoms with Crippen molar-refractivity contribution in [2.45, 2.75) is 19.4 Å². The Hall–Kier alpha value is -1.35. The summed E-state index contributed by atoms with van der Waals surface area (Å²) in [6, 6.07) is 8.00. The van der Waals surface area contributed by atoms with Gasteiger partial charge in [0.15, 0.2) is 0 Å². The summed E-state index contributed by atoms with van der Waals surface area (Å²) in [7, 11) is 0. The lowest BCUT2D eigenvalue weighted by molar-refractivity contribution is -0.135. The number of aryl methyl sites for hydroxylation is 1. The maximum absolute atomic E-state index is 11.5. The van der Waals surface area contributed by atoms with Gasteiger partial charge in [0.1, 0.15) is 6.73 Å². The Morgan fingerprint density at radius 3 is 2.64 bits per heavy atom. The Balaban J connectivity index is 2.31. The van der Waals surface area contributed by atoms with E-state index in [-0.39, 0.29) is 12.6 Å². The molecule has 0 aliphatic carbocycles. The molecular weight excluding hydrogens is 178 g/mol. The van der Waals surface area contributed by atoms with Crippen LogP contribution in [0, 0.1) is 0 Å². The van der Waals surface area contributed by atoms with E-state index in [1.807, 2.05) is 24.3 Å². The molecule has 1 aliphatic rings. The van der Waals surface area contributed by atoms with Crippen LogP contribution in [-0.2, 0) is 17.8 Å². The van der Waals surface area contributed by atoms with Gasteiger partial charge in [-0.15, -0.1) is 0 Å². The fraction of sp³-hybridized carbons (Fsp3) is 0.364. The van der Waals surface area contributed by atoms with Gasteiger partial charge in [-0.2, -0.15) is 0 Å². The standard InChI is InChI=1S/C11H13NO2/c13-8-12-7-10-4-2-1-3-9(10)5-6-11(12)14/h1-4,13H,5-8H2. The second-order valence-corrected chi connectivity index (χ2v) is 3.50. The van der Waals surface area contributed by atoms with Gasteiger partial charge in [-0.05, 0) is 17.5 Å². The van der Waals surface area contributed by atoms with Gasteiger partial charge in [-0.1, -0.05) is 24.3 Å². The smallest absolute Gasteiger partial charge is 0.225 e. The highest BCUT2D eigenvalue weighted by Crippen LogP contribution is 2.18. The first-order valence-electron chi connectivity index (χ1n) is 4.76. The average molecular weight is 191 g/mol. The molecule has 3 heteroatoms. The van der Waals surface area contributed by atoms with Crippen molar-refractivity contribution in [1.29, 1.82) is 0 Å². The Kier molecular flexibility index (Phi) is 2.50. The number of carbonyl (C=O) groups excluding carboxylic acids is 1. The first-order chi connectivity index (χ1) is 6.81. The zero-order valence-corrected chi connectivity index (χ0v) is 7.94. The van der Waals surface area contributed by atoms with Crippen molar-refractivity contribution in [3.8, 4) is 0 Å². The van der Waals surface area contributed by atoms with Crippen LogP contribution in [0.2, 0.25) is 0 Å². The van der Waals surface area contributed by atoms with Crippen LogP contribution in [0.1, 0.15) is 17.5 Å². The zero-order valence-electron chi connectivity index (χ0n) is 7.94. The third kappa shape index (κ3) is 1.63. The van der Waals surface area contributed by atoms with Crippen LogP contribution in [0.25, 0.3) is 0 Å². The molecule has 1 N–H and O–H groups in total. The number of aliphatic hydroxyl groups is 1. The van der Waals surface area contributed by atoms with Crippen molar-refractivity contribution in [1.82, 2.24) is 4.90 Å². The van der Waals surface area contributed by atoms with E-state index < -0.39 is 0 Å². The van der Waals surface area contributed by atoms with Gasteiger partial charge < -0.3 is 10.0 Å². The lowest BCUT2D eigenvalue weighted by Crippen LogP contribution is -2.29. The number of rotatable bonds is 1. The molecular formula is C11H13NO2. The molecule has 1 aromatic carbocycles. The minimum atomic E-state index is -0.187. The molecule has 0 spiro atoms. The molecule has 0 saturated heterocycles. The van der Waals surface area contributed by atoms with E-state index in [9.17, 15) is 4.79 Å². The average Bonchev–Trinajstić information content (AvgIpc) is 2.38. The van der Waals surface area contributed by atoms with Crippen LogP contribution in [0.3, 0.4) is 0 Å². The fourth-order valence-corrected chi connectivity index (χ4v) is 1.78. The number of aliphatic hydroxyl groups excluding tert-OH is 1. The molecule has 2 rings (SSSR count). The van der Waals surface area contributed by atoms with Crippen LogP contribution in [0.15, 0.2) is 24.3 Å². The van der Waals surface area contributed by atoms with Crippen LogP contribution in [0.5, 0.6) is 0 Å². The monoisotopic (exact) mass is 191 g/mol. The van der Waals surface area contributed by atoms with Gasteiger partial charge in [-0.25, -0.2) is 0 Å². The van der Waals surface area contributed by atoms with Crippen LogP contribution < -0.4 is 0 Å². The Morgan fingerprint density at radius 2 is 1.93 bits per heavy atom. The Labute approximate surface area is 83.0 Å². The maximum atomic E-state index is 11.5. The maximum Gasteiger partial charge on any atom is 0.225 e. The van der Waals surface area contributed by atoms with E-state index >= 15 is 0 Å². The number of nitrogens with zero attached hydrogens (tertiary/aromatic N) is 1. The lowest BCUT2D eigenvalue weighted by Gasteiger charge is -2.17. The molecule has 1 amide bonds. The SMILES string of the molecule is O=C1CCc2ccccc2CN1CO. The number of fused-ring (bicyclic) bond motifs is 1. The summed E-state index contributed by atoms with van der Waals surface area (Å²) in [6.07, 6.45) is 1.28. The molecule has 74 valence electrons. The number of hydrogen-bond acceptors (Lipinski definition) is 2. The molecule has 1 aliphatic heterocycles. The number of benzene rings is 1. The molecule has 3 nitrogen and oxygen atoms in total. The van der Waals surface area contributed by atoms with Crippen molar-refractivity contribution in [3.63, 3.8) is 0 Å². The molecule has 0 fully saturated rings. The Morgan fingerprint density at radius 1 is 1.21 bits per heavy atom. The summed E-state index contributed by atoms with van der Waals surface area (Å²) < 4.78 is 0. The summed E-state index contributed by atoms with van der Waals surface area (Å²) in [5, 5.41) is 9.02. The predicted molar refractivity (Wildman–Crippen MR) is 52.4 cm³/mol. The highest BCUT2D eigenvalue weighted by Gasteiger charge is 2.18. The summed E-state index contributed by atoms with van der Waals surface area (Å²) >= 11 is 0. The first-order valence-corrected chi connectivity index (χ1v) is 4.76. The first kappa shape index (κ1) is 9.21. The fourth-order valence-electron chi connectivity index (χ4n) is 1.78. The third-order valence-corrected chi connectivity index (χ3v) is 2.61. The van der Waals surface area contributed by atoms with E-state index in [1.165, 1.54) is 10.5 Å². The summed E-state index contributed by atoms with van der Waals surface area (Å²) in [4.78, 5) is 13.0. The topological polar surface area (TPSA) is 40.5 Å². The van der Waals surface area contributed by atoms with Crippen LogP contribution in [-0.4, -0.2) is 22.6 Å². The normalized spacial score (nSPS) is 16.4. The van der Waals surface area contributed by atoms with Gasteiger partial charge in [0.05, 0.1) is 0 Å². The molecule has 0 saturated carbocycles. The second kappa shape index (κ2) is 3.80. The third-order valence-electron chi connectivity index (χ3n) is 2.61. The second-order valence-electron chi connectivity index (χ2n) is 3.50. The van der Waals surface area contributed by atoms with Gasteiger partial charge in [0.25, 0.3) is 0 Å². The van der Waals surface area contributed by atoms with Crippen LogP contribution >= 0.6 is 0 Å². The Bertz CT molecular complexity index is 349. The van der Waals surface area contributed by atoms with Crippen molar-refractivity contribution < 1.29 is 9.90 Å². The van der Waals surface area contributed by atoms with Crippen molar-refractivity contribution in [2.24, 2.45) is 0 Å². The van der Waals surface area contributed by atoms with Gasteiger partial charge >= 0.3 is 0 Å². The van der Waals surface area contributed by atoms with Gasteiger partial charge in [0.2, 0.25) is 5.91 Å². The van der Waals surface area contributed by atoms with E-state index in [1.54, 1.807) is 0 Å². The highest BCUT2D eigenvalue weighted by atomic mass is 16.3. The summed E-state index contributed by atoms with van der Waals surface area (Å²) in [5.74, 6) is 0.0312. The quantitative estimate of drug-likeness (QED) is 0.716. The molecule has 0 radical (unpaired) electrons. The zero-order chi connectivity index (χ0) is 9.97. The number of hydrogen-bond donors (Lipinski definition) is 1. The molecule has 0 unspecified atom stereocenters. The largest absolute Gasteiger partial charge is 0.376 e. The van der Waals surface area contributed by atoms with Crippen molar-refractivity contribution >= 4 is 5.91 Å². The lowest BCUT2D eigenvalue weighted by atomic mass is 10.0. The predicted octanol–water partition coefficient (Wildman–Crippen LogP) is 0.911. The van der Waals surface area contributed by atoms with E-state index in [0.717, 1.165) is 12.0 Å². The molecule has 1 heterocycles. The highest BCUT2D eigenvalue weighted by molar-refractivity contribution is 5.77. The van der Waals surface area contributed by atoms with Crippen LogP contribution in [0.4, 0.5) is 0 Å². The minimum Gasteiger partial charge on any atom is -0.376 e. The van der Waals surface area contributed by atoms with Gasteiger partial charge in [0, 0.05) is 13.0 Å². The minimum absolute atomic E-state index is 0.0312. The van der Waals surface area contributed by atoms with Gasteiger partial charge in [-0.3, -0.25) is 4.79 Å². The molecule has 0 bridgehead atoms. The molecule has 0 aromatic heterocycles. The van der Waals surface area contributed by atoms with E-state index in [4.69, 9.17) is 5.11 Å². The van der Waals surface area contributed by atoms with Crippen molar-refractivity contribution in [3.05, 3.63) is 35.4 Å². The number of carbonyl (C=O) groups is 1. The van der Waals surface area contributed by atoms with E-state index in [0.29, 0.717) is 13.0 Å². The molecule has 14 heavy (non-hydrogen) atoms. The summed E-state index contributed by atoms with van der Waals surface area (Å²) in [6.45, 7) is 0.346. The molecule has 0 atom stereocenters. The molecule has 1 aromatic rings.